The number of rotatable bonds is 2. The number of aromatic nitrogens is 2. The van der Waals surface area contributed by atoms with Crippen LogP contribution in [-0.4, -0.2) is 33.3 Å². The van der Waals surface area contributed by atoms with E-state index in [0.717, 1.165) is 35.0 Å². The molecular formula is C12H19BrN4. The Morgan fingerprint density at radius 2 is 2.06 bits per heavy atom. The van der Waals surface area contributed by atoms with Crippen molar-refractivity contribution >= 4 is 21.7 Å². The fraction of sp³-hybridized carbons (Fsp3) is 0.750. The topological polar surface area (TPSA) is 47.1 Å². The maximum Gasteiger partial charge on any atom is 0.136 e. The number of nitrogens with two attached hydrogens (primary N) is 1. The first-order valence-corrected chi connectivity index (χ1v) is 7.13. The lowest BCUT2D eigenvalue weighted by Crippen LogP contribution is -2.29. The molecule has 1 saturated carbocycles. The van der Waals surface area contributed by atoms with Gasteiger partial charge in [-0.25, -0.2) is 4.68 Å². The van der Waals surface area contributed by atoms with Crippen LogP contribution in [0.25, 0.3) is 0 Å². The first-order chi connectivity index (χ1) is 8.08. The SMILES string of the molecule is Cc1nn(C2CC(C)N(C3CC3)C2)c(N)c1Br. The van der Waals surface area contributed by atoms with Gasteiger partial charge in [-0.1, -0.05) is 0 Å². The van der Waals surface area contributed by atoms with E-state index in [1.54, 1.807) is 0 Å². The van der Waals surface area contributed by atoms with Gasteiger partial charge >= 0.3 is 0 Å². The van der Waals surface area contributed by atoms with E-state index in [4.69, 9.17) is 5.73 Å². The molecule has 0 bridgehead atoms. The molecule has 0 radical (unpaired) electrons. The molecule has 1 aliphatic carbocycles. The number of hydrogen-bond acceptors (Lipinski definition) is 3. The van der Waals surface area contributed by atoms with E-state index in [9.17, 15) is 0 Å². The van der Waals surface area contributed by atoms with Crippen LogP contribution in [0.4, 0.5) is 5.82 Å². The summed E-state index contributed by atoms with van der Waals surface area (Å²) in [7, 11) is 0. The van der Waals surface area contributed by atoms with Crippen molar-refractivity contribution in [1.82, 2.24) is 14.7 Å². The molecule has 4 nitrogen and oxygen atoms in total. The number of nitrogen functional groups attached to an aromatic ring is 1. The molecule has 0 spiro atoms. The highest BCUT2D eigenvalue weighted by molar-refractivity contribution is 9.10. The van der Waals surface area contributed by atoms with Crippen molar-refractivity contribution in [2.24, 2.45) is 0 Å². The molecule has 2 aliphatic rings. The second kappa shape index (κ2) is 3.99. The van der Waals surface area contributed by atoms with E-state index in [-0.39, 0.29) is 0 Å². The molecule has 5 heteroatoms. The Labute approximate surface area is 110 Å². The maximum atomic E-state index is 6.10. The Morgan fingerprint density at radius 1 is 1.35 bits per heavy atom. The summed E-state index contributed by atoms with van der Waals surface area (Å²) in [6.45, 7) is 5.41. The summed E-state index contributed by atoms with van der Waals surface area (Å²) in [6, 6.07) is 1.93. The minimum absolute atomic E-state index is 0.440. The molecule has 17 heavy (non-hydrogen) atoms. The van der Waals surface area contributed by atoms with Crippen molar-refractivity contribution < 1.29 is 0 Å². The third-order valence-electron chi connectivity index (χ3n) is 4.01. The molecule has 1 aromatic rings. The normalized spacial score (nSPS) is 30.1. The highest BCUT2D eigenvalue weighted by atomic mass is 79.9. The van der Waals surface area contributed by atoms with Crippen molar-refractivity contribution in [3.63, 3.8) is 0 Å². The van der Waals surface area contributed by atoms with Crippen molar-refractivity contribution in [3.05, 3.63) is 10.2 Å². The summed E-state index contributed by atoms with van der Waals surface area (Å²) >= 11 is 3.50. The van der Waals surface area contributed by atoms with Gasteiger partial charge in [0.15, 0.2) is 0 Å². The summed E-state index contributed by atoms with van der Waals surface area (Å²) in [4.78, 5) is 2.62. The Balaban J connectivity index is 1.83. The monoisotopic (exact) mass is 298 g/mol. The van der Waals surface area contributed by atoms with E-state index in [1.165, 1.54) is 12.8 Å². The Morgan fingerprint density at radius 3 is 2.59 bits per heavy atom. The number of anilines is 1. The number of aryl methyl sites for hydroxylation is 1. The minimum atomic E-state index is 0.440. The van der Waals surface area contributed by atoms with E-state index >= 15 is 0 Å². The van der Waals surface area contributed by atoms with Crippen LogP contribution in [0, 0.1) is 6.92 Å². The van der Waals surface area contributed by atoms with Crippen LogP contribution in [-0.2, 0) is 0 Å². The van der Waals surface area contributed by atoms with E-state index in [1.807, 2.05) is 11.6 Å². The average molecular weight is 299 g/mol. The van der Waals surface area contributed by atoms with Crippen molar-refractivity contribution in [2.45, 2.75) is 51.2 Å². The zero-order valence-electron chi connectivity index (χ0n) is 10.4. The van der Waals surface area contributed by atoms with Gasteiger partial charge in [-0.2, -0.15) is 5.10 Å². The van der Waals surface area contributed by atoms with Gasteiger partial charge in [-0.05, 0) is 49.0 Å². The number of hydrogen-bond donors (Lipinski definition) is 1. The van der Waals surface area contributed by atoms with Crippen LogP contribution in [0.15, 0.2) is 4.47 Å². The third kappa shape index (κ3) is 1.89. The van der Waals surface area contributed by atoms with Crippen LogP contribution in [0.3, 0.4) is 0 Å². The third-order valence-corrected chi connectivity index (χ3v) is 4.99. The van der Waals surface area contributed by atoms with E-state index in [0.29, 0.717) is 12.1 Å². The van der Waals surface area contributed by atoms with Gasteiger partial charge in [-0.15, -0.1) is 0 Å². The molecule has 2 atom stereocenters. The summed E-state index contributed by atoms with van der Waals surface area (Å²) in [6.07, 6.45) is 3.90. The largest absolute Gasteiger partial charge is 0.383 e. The fourth-order valence-electron chi connectivity index (χ4n) is 2.94. The quantitative estimate of drug-likeness (QED) is 0.912. The summed E-state index contributed by atoms with van der Waals surface area (Å²) in [5.41, 5.74) is 7.09. The number of likely N-dealkylation sites (tertiary alicyclic amines) is 1. The number of halogens is 1. The highest BCUT2D eigenvalue weighted by Gasteiger charge is 2.40. The lowest BCUT2D eigenvalue weighted by Gasteiger charge is -2.19. The van der Waals surface area contributed by atoms with Crippen LogP contribution < -0.4 is 5.73 Å². The van der Waals surface area contributed by atoms with Gasteiger partial charge in [0.05, 0.1) is 16.2 Å². The summed E-state index contributed by atoms with van der Waals surface area (Å²) in [5.74, 6) is 0.775. The zero-order chi connectivity index (χ0) is 12.2. The van der Waals surface area contributed by atoms with Crippen LogP contribution in [0.5, 0.6) is 0 Å². The lowest BCUT2D eigenvalue weighted by atomic mass is 10.2. The van der Waals surface area contributed by atoms with E-state index in [2.05, 4.69) is 32.9 Å². The molecular weight excluding hydrogens is 280 g/mol. The molecule has 1 saturated heterocycles. The maximum absolute atomic E-state index is 6.10. The first kappa shape index (κ1) is 11.5. The second-order valence-electron chi connectivity index (χ2n) is 5.40. The summed E-state index contributed by atoms with van der Waals surface area (Å²) in [5, 5.41) is 4.56. The van der Waals surface area contributed by atoms with Gasteiger partial charge in [0, 0.05) is 18.6 Å². The Hall–Kier alpha value is -0.550. The highest BCUT2D eigenvalue weighted by Crippen LogP contribution is 2.38. The molecule has 0 aromatic carbocycles. The van der Waals surface area contributed by atoms with Gasteiger partial charge < -0.3 is 5.73 Å². The van der Waals surface area contributed by atoms with Crippen LogP contribution in [0.2, 0.25) is 0 Å². The molecule has 2 unspecified atom stereocenters. The Kier molecular flexibility index (Phi) is 2.70. The average Bonchev–Trinajstić information content (AvgIpc) is 3.02. The van der Waals surface area contributed by atoms with Gasteiger partial charge in [0.2, 0.25) is 0 Å². The molecule has 1 aromatic heterocycles. The molecule has 3 rings (SSSR count). The fourth-order valence-corrected chi connectivity index (χ4v) is 3.20. The van der Waals surface area contributed by atoms with Gasteiger partial charge in [0.1, 0.15) is 5.82 Å². The second-order valence-corrected chi connectivity index (χ2v) is 6.19. The van der Waals surface area contributed by atoms with Gasteiger partial charge in [-0.3, -0.25) is 4.90 Å². The van der Waals surface area contributed by atoms with Crippen molar-refractivity contribution in [1.29, 1.82) is 0 Å². The van der Waals surface area contributed by atoms with Crippen LogP contribution in [0.1, 0.15) is 37.9 Å². The predicted molar refractivity (Wildman–Crippen MR) is 71.9 cm³/mol. The molecule has 2 N–H and O–H groups in total. The Bertz CT molecular complexity index is 438. The van der Waals surface area contributed by atoms with Gasteiger partial charge in [0.25, 0.3) is 0 Å². The molecule has 2 fully saturated rings. The first-order valence-electron chi connectivity index (χ1n) is 6.33. The molecule has 2 heterocycles. The number of nitrogens with zero attached hydrogens (tertiary/aromatic N) is 3. The summed E-state index contributed by atoms with van der Waals surface area (Å²) < 4.78 is 2.97. The van der Waals surface area contributed by atoms with E-state index < -0.39 is 0 Å². The van der Waals surface area contributed by atoms with Crippen LogP contribution >= 0.6 is 15.9 Å². The minimum Gasteiger partial charge on any atom is -0.383 e. The predicted octanol–water partition coefficient (Wildman–Crippen LogP) is 2.33. The standard InChI is InChI=1S/C12H19BrN4/c1-7-5-10(6-16(7)9-3-4-9)17-12(14)11(13)8(2)15-17/h7,9-10H,3-6,14H2,1-2H3. The molecule has 0 amide bonds. The lowest BCUT2D eigenvalue weighted by molar-refractivity contribution is 0.252. The zero-order valence-corrected chi connectivity index (χ0v) is 11.9. The van der Waals surface area contributed by atoms with Crippen molar-refractivity contribution in [2.75, 3.05) is 12.3 Å². The smallest absolute Gasteiger partial charge is 0.136 e. The van der Waals surface area contributed by atoms with Crippen molar-refractivity contribution in [3.8, 4) is 0 Å². The molecule has 1 aliphatic heterocycles. The molecule has 94 valence electrons.